The number of fused-ring (bicyclic) bond motifs is 4. The maximum absolute atomic E-state index is 13.5. The van der Waals surface area contributed by atoms with Crippen molar-refractivity contribution in [3.05, 3.63) is 11.6 Å². The van der Waals surface area contributed by atoms with E-state index in [1.807, 2.05) is 20.8 Å². The SMILES string of the molecule is CC(=O)OC[C@H]1O[C@@H](O[C@@H]2[C@@H](OC(C)=O)[C@H](OC3CC[C@@]4(C)C(CC[C@]5(C)[C@@H]4CC[C@@H]4C6[C@]7(C[C@]45CO7)OC(C=C(C)C)C[C@]6(C)O)C3(C)C)OC[C@@H]2OC(C)=O)[C@H](O[C@@H]2OC[C@@H](OC(C)=O)[C@H](OC(C)=O)[C@H]2OC(C)=O)[C@@H](OC(C)=O)[C@@H]1OC(C)=O. The molecule has 5 heterocycles. The summed E-state index contributed by atoms with van der Waals surface area (Å²) >= 11 is 0. The fourth-order valence-corrected chi connectivity index (χ4v) is 17.9. The molecule has 1 N–H and O–H groups in total. The number of carbonyl (C=O) groups is 8. The number of hydrogen-bond acceptors (Lipinski definition) is 25. The Bertz CT molecular complexity index is 2670. The number of ether oxygens (including phenoxy) is 16. The fourth-order valence-electron chi connectivity index (χ4n) is 17.9. The molecule has 25 nitrogen and oxygen atoms in total. The molecule has 0 aromatic heterocycles. The minimum Gasteiger partial charge on any atom is -0.463 e. The Kier molecular flexibility index (Phi) is 19.2. The van der Waals surface area contributed by atoms with Crippen molar-refractivity contribution < 1.29 is 119 Å². The van der Waals surface area contributed by atoms with Crippen LogP contribution in [0.1, 0.15) is 155 Å². The number of hydrogen-bond donors (Lipinski definition) is 1. The average molecular weight is 1240 g/mol. The number of carbonyl (C=O) groups excluding carboxylic acids is 8. The van der Waals surface area contributed by atoms with Crippen LogP contribution in [0, 0.1) is 45.3 Å². The van der Waals surface area contributed by atoms with E-state index in [2.05, 4.69) is 33.8 Å². The summed E-state index contributed by atoms with van der Waals surface area (Å²) in [5.41, 5.74) is -0.922. The van der Waals surface area contributed by atoms with Crippen LogP contribution >= 0.6 is 0 Å². The lowest BCUT2D eigenvalue weighted by atomic mass is 9.35. The molecule has 87 heavy (non-hydrogen) atoms. The van der Waals surface area contributed by atoms with Crippen LogP contribution < -0.4 is 0 Å². The highest BCUT2D eigenvalue weighted by molar-refractivity contribution is 5.69. The van der Waals surface area contributed by atoms with E-state index >= 15 is 0 Å². The first kappa shape index (κ1) is 66.6. The van der Waals surface area contributed by atoms with Crippen molar-refractivity contribution in [2.45, 2.75) is 259 Å². The number of esters is 8. The van der Waals surface area contributed by atoms with Crippen LogP contribution in [0.2, 0.25) is 0 Å². The normalized spacial score (nSPS) is 44.1. The molecule has 0 amide bonds. The summed E-state index contributed by atoms with van der Waals surface area (Å²) in [5, 5.41) is 12.4. The molecule has 4 unspecified atom stereocenters. The Hall–Kier alpha value is -4.86. The molecule has 2 bridgehead atoms. The molecular formula is C62H90O25. The van der Waals surface area contributed by atoms with Crippen LogP contribution in [0.3, 0.4) is 0 Å². The second kappa shape index (κ2) is 25.1. The van der Waals surface area contributed by atoms with Gasteiger partial charge in [-0.3, -0.25) is 38.4 Å². The van der Waals surface area contributed by atoms with Gasteiger partial charge in [-0.1, -0.05) is 39.3 Å². The second-order valence-electron chi connectivity index (χ2n) is 27.2. The Balaban J connectivity index is 1.04. The zero-order valence-electron chi connectivity index (χ0n) is 52.8. The van der Waals surface area contributed by atoms with Gasteiger partial charge >= 0.3 is 47.8 Å². The molecule has 9 aliphatic rings. The molecule has 24 atom stereocenters. The van der Waals surface area contributed by atoms with Gasteiger partial charge in [-0.25, -0.2) is 0 Å². The first-order valence-electron chi connectivity index (χ1n) is 30.5. The van der Waals surface area contributed by atoms with Crippen LogP contribution in [0.15, 0.2) is 11.6 Å². The Morgan fingerprint density at radius 3 is 1.64 bits per heavy atom. The summed E-state index contributed by atoms with van der Waals surface area (Å²) in [4.78, 5) is 103. The van der Waals surface area contributed by atoms with Crippen LogP contribution in [-0.4, -0.2) is 183 Å². The van der Waals surface area contributed by atoms with Crippen molar-refractivity contribution in [3.63, 3.8) is 0 Å². The molecule has 5 saturated heterocycles. The Morgan fingerprint density at radius 2 is 1.07 bits per heavy atom. The van der Waals surface area contributed by atoms with Gasteiger partial charge in [-0.2, -0.15) is 0 Å². The molecule has 0 aromatic rings. The molecule has 4 saturated carbocycles. The molecule has 9 fully saturated rings. The Morgan fingerprint density at radius 1 is 0.540 bits per heavy atom. The fraction of sp³-hybridized carbons (Fsp3) is 0.839. The van der Waals surface area contributed by atoms with Gasteiger partial charge in [-0.05, 0) is 93.3 Å². The molecule has 4 aliphatic carbocycles. The first-order chi connectivity index (χ1) is 40.6. The predicted molar refractivity (Wildman–Crippen MR) is 295 cm³/mol. The van der Waals surface area contributed by atoms with Gasteiger partial charge in [0, 0.05) is 79.6 Å². The summed E-state index contributed by atoms with van der Waals surface area (Å²) in [6, 6.07) is 0. The van der Waals surface area contributed by atoms with E-state index in [-0.39, 0.29) is 52.6 Å². The number of aliphatic hydroxyl groups is 1. The lowest BCUT2D eigenvalue weighted by Crippen LogP contribution is -2.68. The van der Waals surface area contributed by atoms with Crippen LogP contribution in [-0.2, 0) is 114 Å². The van der Waals surface area contributed by atoms with Gasteiger partial charge in [-0.15, -0.1) is 0 Å². The average Bonchev–Trinajstić information content (AvgIpc) is 1.53. The monoisotopic (exact) mass is 1230 g/mol. The molecule has 2 spiro atoms. The highest BCUT2D eigenvalue weighted by Crippen LogP contribution is 2.80. The summed E-state index contributed by atoms with van der Waals surface area (Å²) in [6.45, 7) is 23.2. The third kappa shape index (κ3) is 12.8. The largest absolute Gasteiger partial charge is 0.463 e. The van der Waals surface area contributed by atoms with Gasteiger partial charge in [0.2, 0.25) is 0 Å². The van der Waals surface area contributed by atoms with E-state index in [4.69, 9.17) is 75.8 Å². The molecule has 5 aliphatic heterocycles. The highest BCUT2D eigenvalue weighted by Gasteiger charge is 2.81. The second-order valence-corrected chi connectivity index (χ2v) is 27.2. The standard InChI is InChI=1S/C62H90O25/c1-29(2)22-38-23-60(15,71)53-39-16-17-44-58(13)20-19-45(57(11,12)43(58)18-21-59(44,14)61(39)27-62(53,87-38)75-28-61)84-54-51(82-37(10)70)48(41(26-73-54)77-32(5)65)85-56-52(49(80-35(8)68)46(78-33(6)66)42(83-56)24-72-30(3)63)86-55-50(81-36(9)69)47(79-34(7)67)40(25-74-55)76-31(4)64/h22,38-56,71H,16-21,23-28H2,1-15H3/t38?,39-,40-,41+,42-,43?,44-,45?,46-,47+,48+,49+,50-,51-,52-,53?,54+,55+,56+,58+,59-,60+,61+,62+/m1/s1. The van der Waals surface area contributed by atoms with Crippen molar-refractivity contribution in [2.24, 2.45) is 45.3 Å². The zero-order chi connectivity index (χ0) is 63.7. The smallest absolute Gasteiger partial charge is 0.303 e. The van der Waals surface area contributed by atoms with E-state index < -0.39 is 164 Å². The maximum Gasteiger partial charge on any atom is 0.303 e. The lowest BCUT2D eigenvalue weighted by Gasteiger charge is -2.70. The topological polar surface area (TPSA) is 304 Å². The van der Waals surface area contributed by atoms with E-state index in [1.54, 1.807) is 0 Å². The third-order valence-corrected chi connectivity index (χ3v) is 20.6. The van der Waals surface area contributed by atoms with Crippen molar-refractivity contribution in [1.29, 1.82) is 0 Å². The first-order valence-corrected chi connectivity index (χ1v) is 30.5. The maximum atomic E-state index is 13.5. The number of allylic oxidation sites excluding steroid dienone is 1. The summed E-state index contributed by atoms with van der Waals surface area (Å²) in [6.07, 6.45) is -13.5. The lowest BCUT2D eigenvalue weighted by molar-refractivity contribution is -0.382. The third-order valence-electron chi connectivity index (χ3n) is 20.6. The van der Waals surface area contributed by atoms with Crippen LogP contribution in [0.4, 0.5) is 0 Å². The molecule has 25 heteroatoms. The molecule has 9 rings (SSSR count). The summed E-state index contributed by atoms with van der Waals surface area (Å²) < 4.78 is 99.2. The number of rotatable bonds is 16. The predicted octanol–water partition coefficient (Wildman–Crippen LogP) is 5.17. The van der Waals surface area contributed by atoms with Crippen LogP contribution in [0.25, 0.3) is 0 Å². The summed E-state index contributed by atoms with van der Waals surface area (Å²) in [5.74, 6) is -7.23. The van der Waals surface area contributed by atoms with Crippen molar-refractivity contribution in [2.75, 3.05) is 26.4 Å². The van der Waals surface area contributed by atoms with E-state index in [1.165, 1.54) is 0 Å². The van der Waals surface area contributed by atoms with Gasteiger partial charge in [0.05, 0.1) is 37.6 Å². The van der Waals surface area contributed by atoms with Crippen LogP contribution in [0.5, 0.6) is 0 Å². The molecular weight excluding hydrogens is 1140 g/mol. The quantitative estimate of drug-likeness (QED) is 0.0901. The van der Waals surface area contributed by atoms with Gasteiger partial charge in [0.25, 0.3) is 0 Å². The minimum absolute atomic E-state index is 0.126. The van der Waals surface area contributed by atoms with Crippen molar-refractivity contribution in [3.8, 4) is 0 Å². The zero-order valence-corrected chi connectivity index (χ0v) is 52.8. The van der Waals surface area contributed by atoms with E-state index in [0.717, 1.165) is 99.5 Å². The van der Waals surface area contributed by atoms with Crippen molar-refractivity contribution in [1.82, 2.24) is 0 Å². The van der Waals surface area contributed by atoms with E-state index in [9.17, 15) is 43.5 Å². The molecule has 0 radical (unpaired) electrons. The van der Waals surface area contributed by atoms with E-state index in [0.29, 0.717) is 19.4 Å². The minimum atomic E-state index is -1.92. The summed E-state index contributed by atoms with van der Waals surface area (Å²) in [7, 11) is 0. The van der Waals surface area contributed by atoms with Crippen molar-refractivity contribution >= 4 is 47.8 Å². The van der Waals surface area contributed by atoms with Gasteiger partial charge in [0.1, 0.15) is 18.8 Å². The molecule has 0 aromatic carbocycles. The van der Waals surface area contributed by atoms with Gasteiger partial charge < -0.3 is 80.9 Å². The molecule has 488 valence electrons. The Labute approximate surface area is 507 Å². The highest BCUT2D eigenvalue weighted by atomic mass is 16.8. The van der Waals surface area contributed by atoms with Gasteiger partial charge in [0.15, 0.2) is 73.5 Å².